The number of methoxy groups -OCH3 is 2. The summed E-state index contributed by atoms with van der Waals surface area (Å²) in [5.41, 5.74) is 3.75. The molecule has 0 aliphatic carbocycles. The molecule has 146 valence electrons. The zero-order valence-corrected chi connectivity index (χ0v) is 17.5. The largest absolute Gasteiger partial charge is 0.497 e. The lowest BCUT2D eigenvalue weighted by molar-refractivity contribution is -0.119. The molecule has 2 aromatic carbocycles. The molecule has 0 N–H and O–H groups in total. The monoisotopic (exact) mass is 397 g/mol. The van der Waals surface area contributed by atoms with E-state index in [-0.39, 0.29) is 11.8 Å². The van der Waals surface area contributed by atoms with E-state index < -0.39 is 0 Å². The number of ether oxygens (including phenoxy) is 2. The lowest BCUT2D eigenvalue weighted by Crippen LogP contribution is -2.31. The number of carbonyl (C=O) groups is 2. The molecular formula is C22H23NO4S. The Morgan fingerprint density at radius 1 is 0.929 bits per heavy atom. The number of hydrogen-bond donors (Lipinski definition) is 0. The second-order valence-corrected chi connectivity index (χ2v) is 7.75. The molecule has 0 saturated heterocycles. The van der Waals surface area contributed by atoms with Gasteiger partial charge in [0.2, 0.25) is 0 Å². The number of carbonyl (C=O) groups excluding carboxylic acids is 2. The van der Waals surface area contributed by atoms with Gasteiger partial charge in [0.15, 0.2) is 0 Å². The fraction of sp³-hybridized carbons (Fsp3) is 0.273. The average molecular weight is 397 g/mol. The Labute approximate surface area is 169 Å². The second kappa shape index (κ2) is 8.10. The number of amides is 2. The molecule has 0 saturated carbocycles. The summed E-state index contributed by atoms with van der Waals surface area (Å²) in [7, 11) is 3.06. The quantitative estimate of drug-likeness (QED) is 0.678. The van der Waals surface area contributed by atoms with Crippen LogP contribution >= 0.6 is 11.8 Å². The van der Waals surface area contributed by atoms with Crippen LogP contribution < -0.4 is 14.4 Å². The SMILES string of the molecule is CCSC1=C(c2ccc(C)cc2C)C(=O)N(c2cc(OC)cc(OC)c2)C1=O. The van der Waals surface area contributed by atoms with E-state index in [0.29, 0.717) is 33.4 Å². The lowest BCUT2D eigenvalue weighted by atomic mass is 9.99. The van der Waals surface area contributed by atoms with Crippen molar-refractivity contribution in [3.8, 4) is 11.5 Å². The summed E-state index contributed by atoms with van der Waals surface area (Å²) in [4.78, 5) is 28.3. The fourth-order valence-electron chi connectivity index (χ4n) is 3.28. The van der Waals surface area contributed by atoms with Gasteiger partial charge in [-0.05, 0) is 30.7 Å². The predicted octanol–water partition coefficient (Wildman–Crippen LogP) is 4.36. The first kappa shape index (κ1) is 20.0. The van der Waals surface area contributed by atoms with E-state index in [9.17, 15) is 9.59 Å². The van der Waals surface area contributed by atoms with Gasteiger partial charge < -0.3 is 9.47 Å². The van der Waals surface area contributed by atoms with Crippen LogP contribution in [0.5, 0.6) is 11.5 Å². The number of rotatable bonds is 6. The molecule has 0 spiro atoms. The Hall–Kier alpha value is -2.73. The van der Waals surface area contributed by atoms with Gasteiger partial charge in [0.05, 0.1) is 30.4 Å². The van der Waals surface area contributed by atoms with Crippen molar-refractivity contribution in [3.63, 3.8) is 0 Å². The molecule has 1 heterocycles. The molecule has 5 nitrogen and oxygen atoms in total. The normalized spacial score (nSPS) is 14.1. The van der Waals surface area contributed by atoms with Gasteiger partial charge in [-0.2, -0.15) is 0 Å². The Morgan fingerprint density at radius 2 is 1.57 bits per heavy atom. The highest BCUT2D eigenvalue weighted by Gasteiger charge is 2.40. The molecular weight excluding hydrogens is 374 g/mol. The maximum absolute atomic E-state index is 13.4. The molecule has 0 fully saturated rings. The second-order valence-electron chi connectivity index (χ2n) is 6.47. The molecule has 0 aromatic heterocycles. The molecule has 1 aliphatic rings. The standard InChI is InChI=1S/C22H23NO4S/c1-6-28-20-19(18-8-7-13(2)9-14(18)3)21(24)23(22(20)25)15-10-16(26-4)12-17(11-15)27-5/h7-12H,6H2,1-5H3. The van der Waals surface area contributed by atoms with Crippen molar-refractivity contribution in [2.75, 3.05) is 24.9 Å². The molecule has 2 aromatic rings. The van der Waals surface area contributed by atoms with E-state index in [0.717, 1.165) is 16.7 Å². The van der Waals surface area contributed by atoms with Gasteiger partial charge in [0.1, 0.15) is 11.5 Å². The van der Waals surface area contributed by atoms with Crippen molar-refractivity contribution in [2.45, 2.75) is 20.8 Å². The van der Waals surface area contributed by atoms with Crippen LogP contribution in [0.25, 0.3) is 5.57 Å². The summed E-state index contributed by atoms with van der Waals surface area (Å²) in [6, 6.07) is 10.9. The molecule has 0 radical (unpaired) electrons. The smallest absolute Gasteiger partial charge is 0.272 e. The number of benzene rings is 2. The van der Waals surface area contributed by atoms with Crippen LogP contribution in [-0.2, 0) is 9.59 Å². The minimum absolute atomic E-state index is 0.317. The highest BCUT2D eigenvalue weighted by atomic mass is 32.2. The summed E-state index contributed by atoms with van der Waals surface area (Å²) < 4.78 is 10.6. The maximum Gasteiger partial charge on any atom is 0.272 e. The first-order valence-corrected chi connectivity index (χ1v) is 9.96. The molecule has 3 rings (SSSR count). The Kier molecular flexibility index (Phi) is 5.79. The summed E-state index contributed by atoms with van der Waals surface area (Å²) >= 11 is 1.39. The minimum Gasteiger partial charge on any atom is -0.497 e. The van der Waals surface area contributed by atoms with Crippen molar-refractivity contribution in [3.05, 3.63) is 58.0 Å². The summed E-state index contributed by atoms with van der Waals surface area (Å²) in [5, 5.41) is 0. The third kappa shape index (κ3) is 3.52. The fourth-order valence-corrected chi connectivity index (χ4v) is 4.12. The third-order valence-corrected chi connectivity index (χ3v) is 5.53. The van der Waals surface area contributed by atoms with Crippen molar-refractivity contribution < 1.29 is 19.1 Å². The lowest BCUT2D eigenvalue weighted by Gasteiger charge is -2.17. The molecule has 2 amide bonds. The highest BCUT2D eigenvalue weighted by molar-refractivity contribution is 8.04. The van der Waals surface area contributed by atoms with Crippen molar-refractivity contribution in [1.29, 1.82) is 0 Å². The van der Waals surface area contributed by atoms with Crippen LogP contribution in [0.1, 0.15) is 23.6 Å². The topological polar surface area (TPSA) is 55.8 Å². The Morgan fingerprint density at radius 3 is 2.11 bits per heavy atom. The number of nitrogens with zero attached hydrogens (tertiary/aromatic N) is 1. The van der Waals surface area contributed by atoms with Gasteiger partial charge in [0, 0.05) is 18.2 Å². The van der Waals surface area contributed by atoms with Gasteiger partial charge in [-0.25, -0.2) is 4.90 Å². The molecule has 6 heteroatoms. The maximum atomic E-state index is 13.4. The zero-order chi connectivity index (χ0) is 20.4. The van der Waals surface area contributed by atoms with Gasteiger partial charge in [-0.1, -0.05) is 30.7 Å². The summed E-state index contributed by atoms with van der Waals surface area (Å²) in [5.74, 6) is 1.07. The van der Waals surface area contributed by atoms with Crippen LogP contribution in [0, 0.1) is 13.8 Å². The van der Waals surface area contributed by atoms with E-state index in [1.165, 1.54) is 30.9 Å². The van der Waals surface area contributed by atoms with Crippen LogP contribution in [0.2, 0.25) is 0 Å². The van der Waals surface area contributed by atoms with Crippen molar-refractivity contribution in [1.82, 2.24) is 0 Å². The first-order chi connectivity index (χ1) is 13.4. The minimum atomic E-state index is -0.330. The van der Waals surface area contributed by atoms with Crippen LogP contribution in [-0.4, -0.2) is 31.8 Å². The third-order valence-electron chi connectivity index (χ3n) is 4.58. The molecule has 1 aliphatic heterocycles. The van der Waals surface area contributed by atoms with Crippen molar-refractivity contribution >= 4 is 34.8 Å². The number of anilines is 1. The number of aryl methyl sites for hydroxylation is 2. The van der Waals surface area contributed by atoms with Crippen LogP contribution in [0.3, 0.4) is 0 Å². The average Bonchev–Trinajstić information content (AvgIpc) is 2.92. The van der Waals surface area contributed by atoms with E-state index in [1.807, 2.05) is 39.0 Å². The van der Waals surface area contributed by atoms with Gasteiger partial charge in [-0.3, -0.25) is 9.59 Å². The number of hydrogen-bond acceptors (Lipinski definition) is 5. The highest BCUT2D eigenvalue weighted by Crippen LogP contribution is 2.41. The molecule has 28 heavy (non-hydrogen) atoms. The summed E-state index contributed by atoms with van der Waals surface area (Å²) in [6.07, 6.45) is 0. The zero-order valence-electron chi connectivity index (χ0n) is 16.7. The van der Waals surface area contributed by atoms with Gasteiger partial charge in [-0.15, -0.1) is 11.8 Å². The summed E-state index contributed by atoms with van der Waals surface area (Å²) in [6.45, 7) is 5.92. The van der Waals surface area contributed by atoms with Crippen LogP contribution in [0.15, 0.2) is 41.3 Å². The Balaban J connectivity index is 2.14. The van der Waals surface area contributed by atoms with E-state index in [4.69, 9.17) is 9.47 Å². The molecule has 0 unspecified atom stereocenters. The van der Waals surface area contributed by atoms with E-state index >= 15 is 0 Å². The first-order valence-electron chi connectivity index (χ1n) is 8.97. The van der Waals surface area contributed by atoms with E-state index in [1.54, 1.807) is 18.2 Å². The van der Waals surface area contributed by atoms with E-state index in [2.05, 4.69) is 0 Å². The molecule has 0 bridgehead atoms. The number of thioether (sulfide) groups is 1. The van der Waals surface area contributed by atoms with Gasteiger partial charge >= 0.3 is 0 Å². The van der Waals surface area contributed by atoms with Crippen LogP contribution in [0.4, 0.5) is 5.69 Å². The van der Waals surface area contributed by atoms with Gasteiger partial charge in [0.25, 0.3) is 11.8 Å². The molecule has 0 atom stereocenters. The van der Waals surface area contributed by atoms with Crippen molar-refractivity contribution in [2.24, 2.45) is 0 Å². The number of imide groups is 1. The predicted molar refractivity (Wildman–Crippen MR) is 113 cm³/mol. The Bertz CT molecular complexity index is 958.